The maximum Gasteiger partial charge on any atom is 0.283 e. The first kappa shape index (κ1) is 20.4. The van der Waals surface area contributed by atoms with Gasteiger partial charge in [-0.2, -0.15) is 0 Å². The number of nitrogens with one attached hydrogen (secondary N) is 4. The molecule has 0 saturated carbocycles. The first-order valence-corrected chi connectivity index (χ1v) is 11.1. The zero-order chi connectivity index (χ0) is 20.0. The van der Waals surface area contributed by atoms with Crippen LogP contribution in [0, 0.1) is 11.8 Å². The molecule has 0 aromatic heterocycles. The Morgan fingerprint density at radius 1 is 1.07 bits per heavy atom. The van der Waals surface area contributed by atoms with Crippen LogP contribution in [0.2, 0.25) is 0 Å². The summed E-state index contributed by atoms with van der Waals surface area (Å²) < 4.78 is 48.8. The molecule has 0 aromatic rings. The Morgan fingerprint density at radius 2 is 1.97 bits per heavy atom. The van der Waals surface area contributed by atoms with Gasteiger partial charge in [-0.25, -0.2) is 18.2 Å². The monoisotopic (exact) mass is 418 g/mol. The van der Waals surface area contributed by atoms with E-state index in [0.717, 1.165) is 38.9 Å². The molecule has 5 rings (SSSR count). The Kier molecular flexibility index (Phi) is 5.78. The average Bonchev–Trinajstić information content (AvgIpc) is 3.33. The van der Waals surface area contributed by atoms with E-state index in [-0.39, 0.29) is 36.8 Å². The summed E-state index contributed by atoms with van der Waals surface area (Å²) in [6.45, 7) is 2.32. The van der Waals surface area contributed by atoms with Crippen molar-refractivity contribution in [3.05, 3.63) is 0 Å². The molecule has 0 aromatic carbocycles. The van der Waals surface area contributed by atoms with Crippen LogP contribution in [0.5, 0.6) is 0 Å². The van der Waals surface area contributed by atoms with E-state index in [9.17, 15) is 13.2 Å². The fourth-order valence-electron chi connectivity index (χ4n) is 5.93. The van der Waals surface area contributed by atoms with E-state index in [4.69, 9.17) is 4.74 Å². The number of nitrogens with zero attached hydrogens (tertiary/aromatic N) is 2. The van der Waals surface area contributed by atoms with E-state index in [0.29, 0.717) is 13.0 Å². The smallest absolute Gasteiger partial charge is 0.283 e. The second kappa shape index (κ2) is 8.22. The van der Waals surface area contributed by atoms with E-state index >= 15 is 0 Å². The first-order chi connectivity index (χ1) is 14.0. The van der Waals surface area contributed by atoms with Crippen molar-refractivity contribution >= 4 is 0 Å². The third-order valence-electron chi connectivity index (χ3n) is 7.30. The largest absolute Gasteiger partial charge is 0.357 e. The minimum atomic E-state index is -2.95. The summed E-state index contributed by atoms with van der Waals surface area (Å²) in [4.78, 5) is 2.46. The second-order valence-corrected chi connectivity index (χ2v) is 9.30. The molecule has 166 valence electrons. The Hall–Kier alpha value is -0.490. The van der Waals surface area contributed by atoms with Gasteiger partial charge in [-0.1, -0.05) is 0 Å². The van der Waals surface area contributed by atoms with Gasteiger partial charge in [0.15, 0.2) is 0 Å². The molecule has 5 fully saturated rings. The highest BCUT2D eigenvalue weighted by Gasteiger charge is 2.47. The first-order valence-electron chi connectivity index (χ1n) is 11.1. The molecule has 7 atom stereocenters. The van der Waals surface area contributed by atoms with E-state index in [1.54, 1.807) is 0 Å². The second-order valence-electron chi connectivity index (χ2n) is 9.30. The van der Waals surface area contributed by atoms with Crippen molar-refractivity contribution in [3.63, 3.8) is 0 Å². The summed E-state index contributed by atoms with van der Waals surface area (Å²) in [6, 6.07) is 0.151. The summed E-state index contributed by atoms with van der Waals surface area (Å²) in [5, 5.41) is 12.0. The summed E-state index contributed by atoms with van der Waals surface area (Å²) >= 11 is 0. The maximum atomic E-state index is 14.4. The zero-order valence-corrected chi connectivity index (χ0v) is 16.8. The van der Waals surface area contributed by atoms with Gasteiger partial charge in [0.1, 0.15) is 19.0 Å². The highest BCUT2D eigenvalue weighted by molar-refractivity contribution is 4.98. The molecule has 6 unspecified atom stereocenters. The number of alkyl halides is 3. The highest BCUT2D eigenvalue weighted by atomic mass is 19.3. The van der Waals surface area contributed by atoms with Crippen molar-refractivity contribution in [1.82, 2.24) is 31.3 Å². The fourth-order valence-corrected chi connectivity index (χ4v) is 5.93. The van der Waals surface area contributed by atoms with Gasteiger partial charge in [0, 0.05) is 44.1 Å². The van der Waals surface area contributed by atoms with E-state index < -0.39 is 31.5 Å². The van der Waals surface area contributed by atoms with Crippen LogP contribution in [0.15, 0.2) is 0 Å². The zero-order valence-electron chi connectivity index (χ0n) is 16.8. The van der Waals surface area contributed by atoms with Crippen LogP contribution in [0.1, 0.15) is 25.7 Å². The molecule has 0 amide bonds. The quantitative estimate of drug-likeness (QED) is 0.444. The van der Waals surface area contributed by atoms with Crippen molar-refractivity contribution in [2.75, 3.05) is 45.9 Å². The van der Waals surface area contributed by atoms with Crippen molar-refractivity contribution in [2.24, 2.45) is 11.8 Å². The third-order valence-corrected chi connectivity index (χ3v) is 7.30. The molecular formula is C19H33F3N6O. The van der Waals surface area contributed by atoms with Gasteiger partial charge in [-0.05, 0) is 32.2 Å². The number of rotatable bonds is 0. The summed E-state index contributed by atoms with van der Waals surface area (Å²) in [6.07, 6.45) is 2.25. The van der Waals surface area contributed by atoms with Gasteiger partial charge in [-0.3, -0.25) is 21.0 Å². The van der Waals surface area contributed by atoms with Crippen molar-refractivity contribution in [3.8, 4) is 0 Å². The van der Waals surface area contributed by atoms with Crippen LogP contribution in [-0.4, -0.2) is 92.5 Å². The van der Waals surface area contributed by atoms with Crippen molar-refractivity contribution < 1.29 is 17.9 Å². The SMILES string of the molecule is FC1CNC2OCC(F)(F)CNCC3CNN4CCC(NC34)N3CCC[C@@H]3C2C1. The topological polar surface area (TPSA) is 63.8 Å². The van der Waals surface area contributed by atoms with Gasteiger partial charge in [0.2, 0.25) is 0 Å². The number of halogens is 3. The minimum absolute atomic E-state index is 0.120. The molecule has 0 aliphatic carbocycles. The van der Waals surface area contributed by atoms with Crippen LogP contribution in [-0.2, 0) is 4.74 Å². The molecule has 0 spiro atoms. The Balaban J connectivity index is 1.41. The van der Waals surface area contributed by atoms with Crippen LogP contribution in [0.4, 0.5) is 13.2 Å². The van der Waals surface area contributed by atoms with Gasteiger partial charge in [-0.15, -0.1) is 0 Å². The number of fused-ring (bicyclic) bond motifs is 5. The van der Waals surface area contributed by atoms with Gasteiger partial charge >= 0.3 is 0 Å². The standard InChI is InChI=1S/C19H33F3N6O/c20-13-6-14-15-2-1-4-27(15)16-3-5-28-17(26-16)12(8-25-28)7-23-10-19(21,22)11-29-18(14)24-9-13/h12-18,23-26H,1-11H2/t12?,13?,14?,15-,16?,17?,18?/m1/s1. The van der Waals surface area contributed by atoms with Gasteiger partial charge in [0.05, 0.1) is 18.9 Å². The van der Waals surface area contributed by atoms with Crippen molar-refractivity contribution in [2.45, 2.75) is 62.4 Å². The molecule has 2 bridgehead atoms. The van der Waals surface area contributed by atoms with Crippen LogP contribution in [0.3, 0.4) is 0 Å². The summed E-state index contributed by atoms with van der Waals surface area (Å²) in [7, 11) is 0. The highest BCUT2D eigenvalue weighted by Crippen LogP contribution is 2.36. The average molecular weight is 419 g/mol. The molecule has 5 aliphatic heterocycles. The Labute approximate surface area is 170 Å². The molecule has 29 heavy (non-hydrogen) atoms. The van der Waals surface area contributed by atoms with E-state index in [1.807, 2.05) is 0 Å². The van der Waals surface area contributed by atoms with Crippen LogP contribution < -0.4 is 21.4 Å². The molecular weight excluding hydrogens is 385 g/mol. The lowest BCUT2D eigenvalue weighted by Gasteiger charge is -2.47. The molecule has 5 aliphatic rings. The number of ether oxygens (including phenoxy) is 1. The number of hydrogen-bond donors (Lipinski definition) is 4. The molecule has 5 saturated heterocycles. The summed E-state index contributed by atoms with van der Waals surface area (Å²) in [5.41, 5.74) is 3.41. The predicted molar refractivity (Wildman–Crippen MR) is 102 cm³/mol. The number of hydrogen-bond acceptors (Lipinski definition) is 7. The van der Waals surface area contributed by atoms with Gasteiger partial charge in [0.25, 0.3) is 5.92 Å². The fraction of sp³-hybridized carbons (Fsp3) is 1.00. The Bertz CT molecular complexity index is 586. The molecule has 4 N–H and O–H groups in total. The third kappa shape index (κ3) is 4.17. The maximum absolute atomic E-state index is 14.4. The summed E-state index contributed by atoms with van der Waals surface area (Å²) in [5.74, 6) is -2.85. The van der Waals surface area contributed by atoms with Crippen LogP contribution in [0.25, 0.3) is 0 Å². The predicted octanol–water partition coefficient (Wildman–Crippen LogP) is 0.0615. The minimum Gasteiger partial charge on any atom is -0.357 e. The molecule has 10 heteroatoms. The van der Waals surface area contributed by atoms with Crippen molar-refractivity contribution in [1.29, 1.82) is 0 Å². The normalized spacial score (nSPS) is 46.7. The lowest BCUT2D eigenvalue weighted by atomic mass is 9.87. The molecule has 7 nitrogen and oxygen atoms in total. The lowest BCUT2D eigenvalue weighted by molar-refractivity contribution is -0.140. The Morgan fingerprint density at radius 3 is 2.86 bits per heavy atom. The van der Waals surface area contributed by atoms with E-state index in [2.05, 4.69) is 31.3 Å². The molecule has 5 heterocycles. The van der Waals surface area contributed by atoms with Crippen LogP contribution >= 0.6 is 0 Å². The number of piperidine rings is 1. The van der Waals surface area contributed by atoms with Gasteiger partial charge < -0.3 is 10.1 Å². The van der Waals surface area contributed by atoms with E-state index in [1.165, 1.54) is 0 Å². The lowest BCUT2D eigenvalue weighted by Crippen LogP contribution is -2.65. The number of hydrazine groups is 1. The molecule has 0 radical (unpaired) electrons.